The zero-order valence-corrected chi connectivity index (χ0v) is 19.3. The predicted octanol–water partition coefficient (Wildman–Crippen LogP) is 4.85. The van der Waals surface area contributed by atoms with Crippen molar-refractivity contribution in [3.05, 3.63) is 32.2 Å². The zero-order valence-electron chi connectivity index (χ0n) is 17.3. The van der Waals surface area contributed by atoms with E-state index in [1.165, 1.54) is 6.33 Å². The molecule has 2 aromatic heterocycles. The Morgan fingerprint density at radius 3 is 2.36 bits per heavy atom. The van der Waals surface area contributed by atoms with Gasteiger partial charge in [0.15, 0.2) is 18.0 Å². The molecule has 28 heavy (non-hydrogen) atoms. The van der Waals surface area contributed by atoms with Gasteiger partial charge in [-0.15, -0.1) is 0 Å². The number of hydrogen-bond acceptors (Lipinski definition) is 5. The van der Waals surface area contributed by atoms with Gasteiger partial charge in [0.1, 0.15) is 17.9 Å². The van der Waals surface area contributed by atoms with Crippen molar-refractivity contribution in [3.63, 3.8) is 0 Å². The molecule has 1 saturated heterocycles. The molecule has 6 nitrogen and oxygen atoms in total. The Labute approximate surface area is 180 Å². The van der Waals surface area contributed by atoms with Gasteiger partial charge in [0.2, 0.25) is 0 Å². The Kier molecular flexibility index (Phi) is 14.0. The summed E-state index contributed by atoms with van der Waals surface area (Å²) in [7, 11) is 0.197. The maximum absolute atomic E-state index is 14.4. The standard InChI is InChI=1S/C13H18FN4O2P.2C3H7.Ni/c1-4-8-9(14)11(20-21-3)13(19-8)18-6-17-10-7(2)15-5-16-12(10)18;2*1-3-2;/h5-6,8-9,11,13,21H,4H2,1-3H3;2*1,3H2,2H3;/q;2*-1;+2/t8?,9-,11?,13?;;;/m0.../s1. The molecule has 3 rings (SSSR count). The molecule has 5 atom stereocenters. The summed E-state index contributed by atoms with van der Waals surface area (Å²) in [5, 5.41) is 0. The minimum atomic E-state index is -1.15. The first-order valence-corrected chi connectivity index (χ1v) is 10.8. The molecular formula is C19H32FN4NiO2P. The van der Waals surface area contributed by atoms with E-state index in [1.807, 2.05) is 34.4 Å². The molecule has 0 aromatic carbocycles. The fourth-order valence-electron chi connectivity index (χ4n) is 2.66. The topological polar surface area (TPSA) is 62.1 Å². The zero-order chi connectivity index (χ0) is 20.4. The average molecular weight is 457 g/mol. The minimum absolute atomic E-state index is 0. The monoisotopic (exact) mass is 456 g/mol. The van der Waals surface area contributed by atoms with Crippen molar-refractivity contribution in [3.8, 4) is 0 Å². The van der Waals surface area contributed by atoms with Gasteiger partial charge >= 0.3 is 16.5 Å². The molecule has 4 unspecified atom stereocenters. The molecule has 0 radical (unpaired) electrons. The minimum Gasteiger partial charge on any atom is -0.352 e. The number of hydrogen-bond donors (Lipinski definition) is 0. The van der Waals surface area contributed by atoms with E-state index >= 15 is 0 Å². The van der Waals surface area contributed by atoms with Crippen LogP contribution in [0.2, 0.25) is 0 Å². The number of aromatic nitrogens is 4. The van der Waals surface area contributed by atoms with Crippen molar-refractivity contribution >= 4 is 20.0 Å². The van der Waals surface area contributed by atoms with Gasteiger partial charge in [0, 0.05) is 8.81 Å². The van der Waals surface area contributed by atoms with Crippen LogP contribution in [0.1, 0.15) is 52.0 Å². The Morgan fingerprint density at radius 1 is 1.21 bits per heavy atom. The second kappa shape index (κ2) is 14.3. The Balaban J connectivity index is 0.000000930. The predicted molar refractivity (Wildman–Crippen MR) is 110 cm³/mol. The first kappa shape index (κ1) is 27.3. The average Bonchev–Trinajstić information content (AvgIpc) is 3.20. The van der Waals surface area contributed by atoms with Crippen molar-refractivity contribution in [1.82, 2.24) is 19.5 Å². The molecule has 1 aliphatic rings. The van der Waals surface area contributed by atoms with Gasteiger partial charge in [-0.2, -0.15) is 12.8 Å². The second-order valence-electron chi connectivity index (χ2n) is 5.99. The summed E-state index contributed by atoms with van der Waals surface area (Å²) in [6.45, 7) is 16.6. The van der Waals surface area contributed by atoms with Crippen molar-refractivity contribution in [1.29, 1.82) is 0 Å². The maximum Gasteiger partial charge on any atom is 2.00 e. The van der Waals surface area contributed by atoms with Crippen LogP contribution >= 0.6 is 8.81 Å². The molecule has 9 heteroatoms. The van der Waals surface area contributed by atoms with E-state index in [2.05, 4.69) is 28.8 Å². The van der Waals surface area contributed by atoms with E-state index in [0.717, 1.165) is 18.5 Å². The van der Waals surface area contributed by atoms with Gasteiger partial charge in [-0.25, -0.2) is 19.3 Å². The fraction of sp³-hybridized carbons (Fsp3) is 0.632. The van der Waals surface area contributed by atoms with Crippen LogP contribution in [-0.2, 0) is 25.8 Å². The Bertz CT molecular complexity index is 674. The van der Waals surface area contributed by atoms with E-state index in [-0.39, 0.29) is 25.3 Å². The number of ether oxygens (including phenoxy) is 1. The third-order valence-electron chi connectivity index (χ3n) is 3.74. The molecule has 0 bridgehead atoms. The number of nitrogens with zero attached hydrogens (tertiary/aromatic N) is 4. The number of fused-ring (bicyclic) bond motifs is 1. The molecule has 162 valence electrons. The molecule has 0 N–H and O–H groups in total. The molecule has 1 fully saturated rings. The van der Waals surface area contributed by atoms with Crippen molar-refractivity contribution in [2.45, 2.75) is 71.6 Å². The molecule has 1 aliphatic heterocycles. The Hall–Kier alpha value is -0.676. The van der Waals surface area contributed by atoms with Gasteiger partial charge in [-0.05, 0) is 20.0 Å². The van der Waals surface area contributed by atoms with E-state index in [0.29, 0.717) is 17.6 Å². The van der Waals surface area contributed by atoms with Crippen LogP contribution in [0.5, 0.6) is 0 Å². The SMILES string of the molecule is CCC1OC(n2cnc3c(C)ncnc32)C(OPC)[C@H]1F.[CH2-]CC.[CH2-]CC.[Ni+2]. The summed E-state index contributed by atoms with van der Waals surface area (Å²) >= 11 is 0. The smallest absolute Gasteiger partial charge is 0.352 e. The molecule has 0 saturated carbocycles. The van der Waals surface area contributed by atoms with Gasteiger partial charge < -0.3 is 23.1 Å². The second-order valence-corrected chi connectivity index (χ2v) is 6.63. The van der Waals surface area contributed by atoms with Crippen LogP contribution in [0, 0.1) is 20.8 Å². The van der Waals surface area contributed by atoms with Crippen molar-refractivity contribution in [2.75, 3.05) is 6.66 Å². The third-order valence-corrected chi connectivity index (χ3v) is 4.24. The summed E-state index contributed by atoms with van der Waals surface area (Å²) in [4.78, 5) is 12.7. The molecule has 0 amide bonds. The van der Waals surface area contributed by atoms with Gasteiger partial charge in [-0.3, -0.25) is 4.57 Å². The number of rotatable bonds is 4. The van der Waals surface area contributed by atoms with Gasteiger partial charge in [0.05, 0.1) is 18.1 Å². The molecule has 0 spiro atoms. The normalized spacial score (nSPS) is 23.7. The Morgan fingerprint density at radius 2 is 1.82 bits per heavy atom. The number of alkyl halides is 1. The first-order valence-electron chi connectivity index (χ1n) is 9.34. The third kappa shape index (κ3) is 6.69. The van der Waals surface area contributed by atoms with E-state index in [9.17, 15) is 4.39 Å². The number of aryl methyl sites for hydroxylation is 1. The number of halogens is 1. The van der Waals surface area contributed by atoms with Crippen LogP contribution in [0.15, 0.2) is 12.7 Å². The van der Waals surface area contributed by atoms with Crippen LogP contribution in [0.3, 0.4) is 0 Å². The van der Waals surface area contributed by atoms with Gasteiger partial charge in [-0.1, -0.05) is 20.8 Å². The number of imidazole rings is 1. The largest absolute Gasteiger partial charge is 2.00 e. The molecule has 2 aromatic rings. The fourth-order valence-corrected chi connectivity index (χ4v) is 3.18. The summed E-state index contributed by atoms with van der Waals surface area (Å²) in [6.07, 6.45) is 2.92. The maximum atomic E-state index is 14.4. The first-order chi connectivity index (χ1) is 13.0. The quantitative estimate of drug-likeness (QED) is 0.374. The van der Waals surface area contributed by atoms with Gasteiger partial charge in [0.25, 0.3) is 0 Å². The van der Waals surface area contributed by atoms with Crippen LogP contribution in [0.25, 0.3) is 11.2 Å². The molecular weight excluding hydrogens is 425 g/mol. The van der Waals surface area contributed by atoms with Crippen molar-refractivity contribution in [2.24, 2.45) is 0 Å². The van der Waals surface area contributed by atoms with E-state index in [1.54, 1.807) is 10.9 Å². The van der Waals surface area contributed by atoms with E-state index in [4.69, 9.17) is 9.26 Å². The van der Waals surface area contributed by atoms with Crippen molar-refractivity contribution < 1.29 is 30.1 Å². The summed E-state index contributed by atoms with van der Waals surface area (Å²) in [5.41, 5.74) is 2.13. The van der Waals surface area contributed by atoms with Crippen LogP contribution in [-0.4, -0.2) is 44.6 Å². The van der Waals surface area contributed by atoms with Crippen LogP contribution < -0.4 is 0 Å². The summed E-state index contributed by atoms with van der Waals surface area (Å²) in [6, 6.07) is 0. The molecule has 3 heterocycles. The van der Waals surface area contributed by atoms with E-state index < -0.39 is 24.6 Å². The molecule has 0 aliphatic carbocycles. The van der Waals surface area contributed by atoms with Crippen LogP contribution in [0.4, 0.5) is 4.39 Å². The summed E-state index contributed by atoms with van der Waals surface area (Å²) < 4.78 is 27.6. The summed E-state index contributed by atoms with van der Waals surface area (Å²) in [5.74, 6) is 0.